The number of hydrogen-bond acceptors (Lipinski definition) is 5. The van der Waals surface area contributed by atoms with Crippen LogP contribution in [0.2, 0.25) is 0 Å². The number of anilines is 2. The Kier molecular flexibility index (Phi) is 4.21. The van der Waals surface area contributed by atoms with Crippen molar-refractivity contribution in [2.45, 2.75) is 19.0 Å². The average molecular weight is 356 g/mol. The van der Waals surface area contributed by atoms with E-state index >= 15 is 0 Å². The summed E-state index contributed by atoms with van der Waals surface area (Å²) in [6.07, 6.45) is -2.03. The first-order valence-electron chi connectivity index (χ1n) is 7.85. The Morgan fingerprint density at radius 1 is 1.40 bits per heavy atom. The van der Waals surface area contributed by atoms with Gasteiger partial charge in [0.1, 0.15) is 17.7 Å². The lowest BCUT2D eigenvalue weighted by Gasteiger charge is -2.34. The van der Waals surface area contributed by atoms with Gasteiger partial charge < -0.3 is 15.5 Å². The smallest absolute Gasteiger partial charge is 0.382 e. The fourth-order valence-electron chi connectivity index (χ4n) is 3.24. The molecule has 10 heteroatoms. The van der Waals surface area contributed by atoms with Crippen molar-refractivity contribution < 1.29 is 18.0 Å². The van der Waals surface area contributed by atoms with Crippen molar-refractivity contribution in [3.63, 3.8) is 0 Å². The van der Waals surface area contributed by atoms with Gasteiger partial charge >= 0.3 is 6.18 Å². The van der Waals surface area contributed by atoms with Crippen LogP contribution in [-0.4, -0.2) is 52.6 Å². The molecule has 3 rings (SSSR count). The second kappa shape index (κ2) is 6.08. The minimum Gasteiger partial charge on any atom is -0.382 e. The van der Waals surface area contributed by atoms with E-state index in [-0.39, 0.29) is 29.0 Å². The number of nitrogens with two attached hydrogens (primary N) is 1. The summed E-state index contributed by atoms with van der Waals surface area (Å²) in [5.41, 5.74) is 4.53. The number of hydrogen-bond donors (Lipinski definition) is 1. The molecule has 2 aromatic heterocycles. The Balaban J connectivity index is 2.04. The topological polar surface area (TPSA) is 79.8 Å². The van der Waals surface area contributed by atoms with Crippen LogP contribution in [0.1, 0.15) is 18.4 Å². The van der Waals surface area contributed by atoms with Gasteiger partial charge in [0.25, 0.3) is 0 Å². The molecule has 7 nitrogen and oxygen atoms in total. The van der Waals surface area contributed by atoms with E-state index < -0.39 is 11.7 Å². The van der Waals surface area contributed by atoms with Crippen molar-refractivity contribution >= 4 is 23.1 Å². The SMILES string of the molecule is CN(C)C(=O)C1CCCN(c2cc(C(F)(F)F)c3c(N)ncnn23)C1. The van der Waals surface area contributed by atoms with Crippen LogP contribution in [0.15, 0.2) is 12.4 Å². The maximum atomic E-state index is 13.4. The number of amides is 1. The third kappa shape index (κ3) is 3.08. The maximum absolute atomic E-state index is 13.4. The first-order valence-corrected chi connectivity index (χ1v) is 7.85. The summed E-state index contributed by atoms with van der Waals surface area (Å²) >= 11 is 0. The number of nitrogens with zero attached hydrogens (tertiary/aromatic N) is 5. The van der Waals surface area contributed by atoms with Crippen molar-refractivity contribution in [1.29, 1.82) is 0 Å². The first-order chi connectivity index (χ1) is 11.7. The molecule has 3 heterocycles. The van der Waals surface area contributed by atoms with Gasteiger partial charge in [-0.3, -0.25) is 4.79 Å². The lowest BCUT2D eigenvalue weighted by atomic mass is 9.97. The van der Waals surface area contributed by atoms with E-state index in [2.05, 4.69) is 10.1 Å². The molecule has 1 unspecified atom stereocenters. The van der Waals surface area contributed by atoms with Crippen molar-refractivity contribution in [3.05, 3.63) is 18.0 Å². The third-order valence-corrected chi connectivity index (χ3v) is 4.40. The normalized spacial score (nSPS) is 18.6. The van der Waals surface area contributed by atoms with Crippen molar-refractivity contribution in [2.75, 3.05) is 37.8 Å². The lowest BCUT2D eigenvalue weighted by molar-refractivity contribution is -0.136. The van der Waals surface area contributed by atoms with Crippen molar-refractivity contribution in [3.8, 4) is 0 Å². The Bertz CT molecular complexity index is 800. The largest absolute Gasteiger partial charge is 0.418 e. The van der Waals surface area contributed by atoms with Crippen LogP contribution < -0.4 is 10.6 Å². The van der Waals surface area contributed by atoms with E-state index in [1.165, 1.54) is 4.90 Å². The van der Waals surface area contributed by atoms with Crippen LogP contribution in [0.5, 0.6) is 0 Å². The highest BCUT2D eigenvalue weighted by atomic mass is 19.4. The van der Waals surface area contributed by atoms with Gasteiger partial charge in [-0.2, -0.15) is 18.3 Å². The van der Waals surface area contributed by atoms with Gasteiger partial charge in [0.15, 0.2) is 5.82 Å². The minimum atomic E-state index is -4.57. The summed E-state index contributed by atoms with van der Waals surface area (Å²) in [5, 5.41) is 3.94. The van der Waals surface area contributed by atoms with Gasteiger partial charge in [0, 0.05) is 27.2 Å². The Morgan fingerprint density at radius 3 is 2.76 bits per heavy atom. The number of aromatic nitrogens is 3. The van der Waals surface area contributed by atoms with E-state index in [4.69, 9.17) is 5.73 Å². The van der Waals surface area contributed by atoms with Crippen molar-refractivity contribution in [2.24, 2.45) is 5.92 Å². The highest BCUT2D eigenvalue weighted by molar-refractivity contribution is 5.80. The van der Waals surface area contributed by atoms with Crippen LogP contribution in [0.4, 0.5) is 24.8 Å². The zero-order valence-corrected chi connectivity index (χ0v) is 13.9. The first kappa shape index (κ1) is 17.3. The van der Waals surface area contributed by atoms with Gasteiger partial charge in [-0.15, -0.1) is 0 Å². The number of halogens is 3. The predicted octanol–water partition coefficient (Wildman–Crippen LogP) is 1.63. The average Bonchev–Trinajstić information content (AvgIpc) is 2.95. The van der Waals surface area contributed by atoms with Crippen LogP contribution in [0, 0.1) is 5.92 Å². The molecule has 1 fully saturated rings. The molecule has 1 atom stereocenters. The third-order valence-electron chi connectivity index (χ3n) is 4.40. The minimum absolute atomic E-state index is 0.0317. The predicted molar refractivity (Wildman–Crippen MR) is 86.0 cm³/mol. The Labute approximate surface area is 142 Å². The van der Waals surface area contributed by atoms with E-state index in [1.54, 1.807) is 19.0 Å². The number of carbonyl (C=O) groups excluding carboxylic acids is 1. The number of rotatable bonds is 2. The zero-order chi connectivity index (χ0) is 18.4. The zero-order valence-electron chi connectivity index (χ0n) is 13.9. The highest BCUT2D eigenvalue weighted by Gasteiger charge is 2.38. The van der Waals surface area contributed by atoms with Gasteiger partial charge in [0.05, 0.1) is 11.5 Å². The molecule has 2 aromatic rings. The number of alkyl halides is 3. The highest BCUT2D eigenvalue weighted by Crippen LogP contribution is 2.39. The number of piperidine rings is 1. The molecule has 0 bridgehead atoms. The molecule has 1 aliphatic heterocycles. The van der Waals surface area contributed by atoms with E-state index in [9.17, 15) is 18.0 Å². The van der Waals surface area contributed by atoms with Gasteiger partial charge in [-0.25, -0.2) is 9.50 Å². The Hall–Kier alpha value is -2.52. The van der Waals surface area contributed by atoms with Gasteiger partial charge in [0.2, 0.25) is 5.91 Å². The van der Waals surface area contributed by atoms with Crippen molar-refractivity contribution in [1.82, 2.24) is 19.5 Å². The summed E-state index contributed by atoms with van der Waals surface area (Å²) in [7, 11) is 3.34. The summed E-state index contributed by atoms with van der Waals surface area (Å²) in [6, 6.07) is 1.03. The summed E-state index contributed by atoms with van der Waals surface area (Å²) in [5.74, 6) is -0.252. The molecule has 1 aliphatic rings. The molecule has 0 aromatic carbocycles. The standard InChI is InChI=1S/C15H19F3N6O/c1-22(2)14(25)9-4-3-5-23(7-9)11-6-10(15(16,17)18)12-13(19)20-8-21-24(11)12/h6,8-9H,3-5,7H2,1-2H3,(H2,19,20,21). The number of carbonyl (C=O) groups is 1. The number of fused-ring (bicyclic) bond motifs is 1. The Morgan fingerprint density at radius 2 is 2.12 bits per heavy atom. The fourth-order valence-corrected chi connectivity index (χ4v) is 3.24. The summed E-state index contributed by atoms with van der Waals surface area (Å²) in [4.78, 5) is 19.2. The molecule has 0 spiro atoms. The molecule has 0 radical (unpaired) electrons. The van der Waals surface area contributed by atoms with Gasteiger partial charge in [-0.05, 0) is 18.9 Å². The lowest BCUT2D eigenvalue weighted by Crippen LogP contribution is -2.43. The van der Waals surface area contributed by atoms with Crippen LogP contribution in [0.3, 0.4) is 0 Å². The molecule has 1 amide bonds. The maximum Gasteiger partial charge on any atom is 0.418 e. The molecular weight excluding hydrogens is 337 g/mol. The molecule has 0 saturated carbocycles. The van der Waals surface area contributed by atoms with Crippen LogP contribution in [0.25, 0.3) is 5.52 Å². The summed E-state index contributed by atoms with van der Waals surface area (Å²) in [6.45, 7) is 0.884. The van der Waals surface area contributed by atoms with E-state index in [0.717, 1.165) is 16.9 Å². The second-order valence-electron chi connectivity index (χ2n) is 6.34. The molecule has 25 heavy (non-hydrogen) atoms. The molecular formula is C15H19F3N6O. The second-order valence-corrected chi connectivity index (χ2v) is 6.34. The quantitative estimate of drug-likeness (QED) is 0.885. The summed E-state index contributed by atoms with van der Waals surface area (Å²) < 4.78 is 41.3. The molecule has 2 N–H and O–H groups in total. The van der Waals surface area contributed by atoms with E-state index in [1.807, 2.05) is 0 Å². The molecule has 0 aliphatic carbocycles. The van der Waals surface area contributed by atoms with Gasteiger partial charge in [-0.1, -0.05) is 0 Å². The number of nitrogen functional groups attached to an aromatic ring is 1. The van der Waals surface area contributed by atoms with E-state index in [0.29, 0.717) is 25.9 Å². The molecule has 1 saturated heterocycles. The van der Waals surface area contributed by atoms with Crippen LogP contribution >= 0.6 is 0 Å². The fraction of sp³-hybridized carbons (Fsp3) is 0.533. The monoisotopic (exact) mass is 356 g/mol. The molecule has 136 valence electrons. The van der Waals surface area contributed by atoms with Crippen LogP contribution in [-0.2, 0) is 11.0 Å².